The lowest BCUT2D eigenvalue weighted by Gasteiger charge is -2.26. The summed E-state index contributed by atoms with van der Waals surface area (Å²) in [7, 11) is 0. The molecule has 2 N–H and O–H groups in total. The first-order valence-electron chi connectivity index (χ1n) is 6.92. The Labute approximate surface area is 118 Å². The molecule has 108 valence electrons. The molecule has 0 saturated carbocycles. The van der Waals surface area contributed by atoms with Crippen molar-refractivity contribution in [3.63, 3.8) is 0 Å². The molecule has 1 atom stereocenters. The summed E-state index contributed by atoms with van der Waals surface area (Å²) in [6, 6.07) is 7.38. The van der Waals surface area contributed by atoms with Crippen molar-refractivity contribution in [2.24, 2.45) is 0 Å². The first kappa shape index (κ1) is 14.5. The smallest absolute Gasteiger partial charge is 0.305 e. The summed E-state index contributed by atoms with van der Waals surface area (Å²) in [6.45, 7) is 2.98. The first-order chi connectivity index (χ1) is 9.59. The SMILES string of the molecule is Cc1ccccc1N(CCC(=O)O)C(=O)C1CCCN1. The Bertz CT molecular complexity index is 496. The fourth-order valence-electron chi connectivity index (χ4n) is 2.51. The van der Waals surface area contributed by atoms with Gasteiger partial charge in [0.05, 0.1) is 12.5 Å². The molecule has 0 aromatic heterocycles. The van der Waals surface area contributed by atoms with E-state index in [0.717, 1.165) is 30.6 Å². The van der Waals surface area contributed by atoms with Gasteiger partial charge < -0.3 is 15.3 Å². The fraction of sp³-hybridized carbons (Fsp3) is 0.467. The average molecular weight is 276 g/mol. The van der Waals surface area contributed by atoms with Crippen LogP contribution in [0.25, 0.3) is 0 Å². The molecule has 1 aliphatic rings. The molecule has 1 saturated heterocycles. The van der Waals surface area contributed by atoms with Gasteiger partial charge in [-0.05, 0) is 37.9 Å². The summed E-state index contributed by atoms with van der Waals surface area (Å²) < 4.78 is 0. The number of carboxylic acids is 1. The maximum atomic E-state index is 12.6. The third-order valence-electron chi connectivity index (χ3n) is 3.58. The maximum Gasteiger partial charge on any atom is 0.305 e. The summed E-state index contributed by atoms with van der Waals surface area (Å²) in [6.07, 6.45) is 1.75. The van der Waals surface area contributed by atoms with Crippen LogP contribution in [0.5, 0.6) is 0 Å². The van der Waals surface area contributed by atoms with Crippen molar-refractivity contribution in [1.82, 2.24) is 5.32 Å². The minimum absolute atomic E-state index is 0.0296. The minimum Gasteiger partial charge on any atom is -0.481 e. The Hall–Kier alpha value is -1.88. The van der Waals surface area contributed by atoms with Crippen molar-refractivity contribution in [2.75, 3.05) is 18.0 Å². The Morgan fingerprint density at radius 2 is 2.15 bits per heavy atom. The number of hydrogen-bond donors (Lipinski definition) is 2. The van der Waals surface area contributed by atoms with Gasteiger partial charge >= 0.3 is 5.97 Å². The first-order valence-corrected chi connectivity index (χ1v) is 6.92. The Morgan fingerprint density at radius 1 is 1.40 bits per heavy atom. The van der Waals surface area contributed by atoms with Gasteiger partial charge in [-0.2, -0.15) is 0 Å². The maximum absolute atomic E-state index is 12.6. The van der Waals surface area contributed by atoms with Crippen LogP contribution in [-0.2, 0) is 9.59 Å². The van der Waals surface area contributed by atoms with Gasteiger partial charge in [-0.15, -0.1) is 0 Å². The number of carboxylic acid groups (broad SMARTS) is 1. The molecule has 1 amide bonds. The number of carbonyl (C=O) groups is 2. The zero-order valence-corrected chi connectivity index (χ0v) is 11.6. The molecular formula is C15H20N2O3. The highest BCUT2D eigenvalue weighted by Crippen LogP contribution is 2.22. The molecule has 1 aromatic rings. The van der Waals surface area contributed by atoms with Gasteiger partial charge in [0.2, 0.25) is 5.91 Å². The minimum atomic E-state index is -0.893. The van der Waals surface area contributed by atoms with Crippen LogP contribution in [0.15, 0.2) is 24.3 Å². The molecule has 1 unspecified atom stereocenters. The van der Waals surface area contributed by atoms with Gasteiger partial charge in [-0.25, -0.2) is 0 Å². The molecule has 1 aliphatic heterocycles. The lowest BCUT2D eigenvalue weighted by atomic mass is 10.1. The standard InChI is InChI=1S/C15H20N2O3/c1-11-5-2-3-7-13(11)17(10-8-14(18)19)15(20)12-6-4-9-16-12/h2-3,5,7,12,16H,4,6,8-10H2,1H3,(H,18,19). The number of nitrogens with zero attached hydrogens (tertiary/aromatic N) is 1. The third-order valence-corrected chi connectivity index (χ3v) is 3.58. The average Bonchev–Trinajstić information content (AvgIpc) is 2.94. The van der Waals surface area contributed by atoms with Crippen molar-refractivity contribution >= 4 is 17.6 Å². The van der Waals surface area contributed by atoms with Gasteiger partial charge in [0.25, 0.3) is 0 Å². The zero-order chi connectivity index (χ0) is 14.5. The van der Waals surface area contributed by atoms with Crippen molar-refractivity contribution in [2.45, 2.75) is 32.2 Å². The Morgan fingerprint density at radius 3 is 2.75 bits per heavy atom. The number of benzene rings is 1. The lowest BCUT2D eigenvalue weighted by molar-refractivity contribution is -0.136. The van der Waals surface area contributed by atoms with Gasteiger partial charge in [0, 0.05) is 12.2 Å². The quantitative estimate of drug-likeness (QED) is 0.856. The third kappa shape index (κ3) is 3.36. The van der Waals surface area contributed by atoms with Crippen LogP contribution in [0, 0.1) is 6.92 Å². The molecule has 5 nitrogen and oxygen atoms in total. The van der Waals surface area contributed by atoms with E-state index in [-0.39, 0.29) is 24.9 Å². The normalized spacial score (nSPS) is 17.9. The van der Waals surface area contributed by atoms with E-state index in [1.165, 1.54) is 0 Å². The molecular weight excluding hydrogens is 256 g/mol. The predicted octanol–water partition coefficient (Wildman–Crippen LogP) is 1.55. The summed E-state index contributed by atoms with van der Waals surface area (Å²) in [5.74, 6) is -0.922. The monoisotopic (exact) mass is 276 g/mol. The fourth-order valence-corrected chi connectivity index (χ4v) is 2.51. The number of nitrogens with one attached hydrogen (secondary N) is 1. The van der Waals surface area contributed by atoms with Crippen molar-refractivity contribution < 1.29 is 14.7 Å². The van der Waals surface area contributed by atoms with E-state index in [9.17, 15) is 9.59 Å². The van der Waals surface area contributed by atoms with Crippen molar-refractivity contribution in [1.29, 1.82) is 0 Å². The summed E-state index contributed by atoms with van der Waals surface area (Å²) in [5.41, 5.74) is 1.77. The second kappa shape index (κ2) is 6.52. The lowest BCUT2D eigenvalue weighted by Crippen LogP contribution is -2.45. The van der Waals surface area contributed by atoms with Crippen LogP contribution in [0.3, 0.4) is 0 Å². The molecule has 0 spiro atoms. The summed E-state index contributed by atoms with van der Waals surface area (Å²) in [5, 5.41) is 12.0. The molecule has 1 heterocycles. The molecule has 20 heavy (non-hydrogen) atoms. The number of carbonyl (C=O) groups excluding carboxylic acids is 1. The largest absolute Gasteiger partial charge is 0.481 e. The van der Waals surface area contributed by atoms with Gasteiger partial charge in [-0.3, -0.25) is 9.59 Å². The highest BCUT2D eigenvalue weighted by molar-refractivity contribution is 5.98. The number of para-hydroxylation sites is 1. The van der Waals surface area contributed by atoms with Crippen molar-refractivity contribution in [3.05, 3.63) is 29.8 Å². The van der Waals surface area contributed by atoms with Crippen LogP contribution in [0.1, 0.15) is 24.8 Å². The highest BCUT2D eigenvalue weighted by atomic mass is 16.4. The number of anilines is 1. The molecule has 0 aliphatic carbocycles. The van der Waals surface area contributed by atoms with E-state index in [2.05, 4.69) is 5.32 Å². The summed E-state index contributed by atoms with van der Waals surface area (Å²) in [4.78, 5) is 25.0. The van der Waals surface area contributed by atoms with E-state index in [1.807, 2.05) is 31.2 Å². The molecule has 0 bridgehead atoms. The molecule has 1 aromatic carbocycles. The van der Waals surface area contributed by atoms with Crippen molar-refractivity contribution in [3.8, 4) is 0 Å². The number of aliphatic carboxylic acids is 1. The van der Waals surface area contributed by atoms with E-state index >= 15 is 0 Å². The zero-order valence-electron chi connectivity index (χ0n) is 11.6. The van der Waals surface area contributed by atoms with Crippen LogP contribution < -0.4 is 10.2 Å². The van der Waals surface area contributed by atoms with Crippen LogP contribution >= 0.6 is 0 Å². The Balaban J connectivity index is 2.21. The highest BCUT2D eigenvalue weighted by Gasteiger charge is 2.28. The van der Waals surface area contributed by atoms with Gasteiger partial charge in [0.15, 0.2) is 0 Å². The topological polar surface area (TPSA) is 69.6 Å². The predicted molar refractivity (Wildman–Crippen MR) is 76.8 cm³/mol. The number of rotatable bonds is 5. The van der Waals surface area contributed by atoms with Crippen LogP contribution in [0.2, 0.25) is 0 Å². The van der Waals surface area contributed by atoms with E-state index < -0.39 is 5.97 Å². The second-order valence-corrected chi connectivity index (χ2v) is 5.07. The molecule has 2 rings (SSSR count). The van der Waals surface area contributed by atoms with E-state index in [4.69, 9.17) is 5.11 Å². The second-order valence-electron chi connectivity index (χ2n) is 5.07. The van der Waals surface area contributed by atoms with E-state index in [1.54, 1.807) is 4.90 Å². The Kier molecular flexibility index (Phi) is 4.74. The number of aryl methyl sites for hydroxylation is 1. The van der Waals surface area contributed by atoms with Gasteiger partial charge in [-0.1, -0.05) is 18.2 Å². The molecule has 1 fully saturated rings. The van der Waals surface area contributed by atoms with E-state index in [0.29, 0.717) is 0 Å². The number of hydrogen-bond acceptors (Lipinski definition) is 3. The van der Waals surface area contributed by atoms with Gasteiger partial charge in [0.1, 0.15) is 0 Å². The molecule has 5 heteroatoms. The van der Waals surface area contributed by atoms with Crippen LogP contribution in [-0.4, -0.2) is 36.1 Å². The summed E-state index contributed by atoms with van der Waals surface area (Å²) >= 11 is 0. The van der Waals surface area contributed by atoms with Crippen LogP contribution in [0.4, 0.5) is 5.69 Å². The molecule has 0 radical (unpaired) electrons. The number of amides is 1.